The van der Waals surface area contributed by atoms with Gasteiger partial charge in [0.05, 0.1) is 32.5 Å². The van der Waals surface area contributed by atoms with Gasteiger partial charge in [-0.1, -0.05) is 12.1 Å². The second kappa shape index (κ2) is 13.3. The minimum absolute atomic E-state index is 0. The Bertz CT molecular complexity index is 615. The van der Waals surface area contributed by atoms with Gasteiger partial charge >= 0.3 is 0 Å². The van der Waals surface area contributed by atoms with E-state index < -0.39 is 0 Å². The first kappa shape index (κ1) is 24.2. The number of methoxy groups -OCH3 is 1. The molecule has 29 heavy (non-hydrogen) atoms. The number of ether oxygens (including phenoxy) is 3. The van der Waals surface area contributed by atoms with Gasteiger partial charge in [-0.25, -0.2) is 4.99 Å². The number of halogens is 1. The molecule has 6 nitrogen and oxygen atoms in total. The highest BCUT2D eigenvalue weighted by molar-refractivity contribution is 14.0. The van der Waals surface area contributed by atoms with Gasteiger partial charge in [0.1, 0.15) is 5.75 Å². The standard InChI is InChI=1S/C22H35N3O3.HI/c1-3-23-22(24-16-18-7-6-9-20(15-18)26-2)25-12-10-19(11-13-25)28-17-21-8-4-5-14-27-21;/h6-7,9,15,19,21H,3-5,8,10-14,16-17H2,1-2H3,(H,23,24);1H. The largest absolute Gasteiger partial charge is 0.497 e. The smallest absolute Gasteiger partial charge is 0.194 e. The summed E-state index contributed by atoms with van der Waals surface area (Å²) >= 11 is 0. The Labute approximate surface area is 192 Å². The molecule has 0 bridgehead atoms. The molecule has 7 heteroatoms. The van der Waals surface area contributed by atoms with Crippen LogP contribution < -0.4 is 10.1 Å². The van der Waals surface area contributed by atoms with Crippen molar-refractivity contribution < 1.29 is 14.2 Å². The number of guanidine groups is 1. The molecule has 0 aliphatic carbocycles. The number of nitrogens with zero attached hydrogens (tertiary/aromatic N) is 2. The number of aliphatic imine (C=N–C) groups is 1. The normalized spacial score (nSPS) is 20.8. The fraction of sp³-hybridized carbons (Fsp3) is 0.682. The molecular weight excluding hydrogens is 481 g/mol. The van der Waals surface area contributed by atoms with Crippen molar-refractivity contribution in [3.05, 3.63) is 29.8 Å². The van der Waals surface area contributed by atoms with Crippen LogP contribution in [0.1, 0.15) is 44.6 Å². The van der Waals surface area contributed by atoms with Crippen LogP contribution in [0.25, 0.3) is 0 Å². The van der Waals surface area contributed by atoms with E-state index >= 15 is 0 Å². The van der Waals surface area contributed by atoms with E-state index in [1.165, 1.54) is 12.8 Å². The third kappa shape index (κ3) is 7.94. The molecule has 2 saturated heterocycles. The van der Waals surface area contributed by atoms with Crippen molar-refractivity contribution >= 4 is 29.9 Å². The molecule has 0 amide bonds. The highest BCUT2D eigenvalue weighted by atomic mass is 127. The number of benzene rings is 1. The third-order valence-corrected chi connectivity index (χ3v) is 5.41. The van der Waals surface area contributed by atoms with Gasteiger partial charge < -0.3 is 24.4 Å². The average molecular weight is 517 g/mol. The minimum Gasteiger partial charge on any atom is -0.497 e. The molecule has 2 fully saturated rings. The average Bonchev–Trinajstić information content (AvgIpc) is 2.76. The van der Waals surface area contributed by atoms with Crippen molar-refractivity contribution in [1.82, 2.24) is 10.2 Å². The molecule has 3 rings (SSSR count). The fourth-order valence-electron chi connectivity index (χ4n) is 3.78. The summed E-state index contributed by atoms with van der Waals surface area (Å²) < 4.78 is 17.2. The molecule has 1 unspecified atom stereocenters. The molecule has 0 aromatic heterocycles. The summed E-state index contributed by atoms with van der Waals surface area (Å²) in [5, 5.41) is 3.43. The Hall–Kier alpha value is -1.06. The van der Waals surface area contributed by atoms with E-state index in [1.807, 2.05) is 18.2 Å². The predicted octanol–water partition coefficient (Wildman–Crippen LogP) is 3.83. The highest BCUT2D eigenvalue weighted by Crippen LogP contribution is 2.18. The molecule has 2 aliphatic rings. The monoisotopic (exact) mass is 517 g/mol. The van der Waals surface area contributed by atoms with Gasteiger partial charge in [-0.3, -0.25) is 0 Å². The van der Waals surface area contributed by atoms with Crippen molar-refractivity contribution in [2.75, 3.05) is 40.0 Å². The van der Waals surface area contributed by atoms with Crippen molar-refractivity contribution in [2.45, 2.75) is 57.8 Å². The third-order valence-electron chi connectivity index (χ3n) is 5.41. The van der Waals surface area contributed by atoms with Crippen molar-refractivity contribution in [3.63, 3.8) is 0 Å². The molecule has 0 spiro atoms. The fourth-order valence-corrected chi connectivity index (χ4v) is 3.78. The molecule has 2 heterocycles. The van der Waals surface area contributed by atoms with Crippen LogP contribution in [0, 0.1) is 0 Å². The molecule has 1 aromatic carbocycles. The van der Waals surface area contributed by atoms with Crippen LogP contribution >= 0.6 is 24.0 Å². The van der Waals surface area contributed by atoms with Crippen LogP contribution in [0.15, 0.2) is 29.3 Å². The Kier molecular flexibility index (Phi) is 11.1. The van der Waals surface area contributed by atoms with Crippen LogP contribution in [0.5, 0.6) is 5.75 Å². The maximum Gasteiger partial charge on any atom is 0.194 e. The van der Waals surface area contributed by atoms with E-state index in [1.54, 1.807) is 7.11 Å². The van der Waals surface area contributed by atoms with Crippen LogP contribution in [-0.2, 0) is 16.0 Å². The van der Waals surface area contributed by atoms with Crippen molar-refractivity contribution in [1.29, 1.82) is 0 Å². The lowest BCUT2D eigenvalue weighted by molar-refractivity contribution is -0.0721. The molecule has 1 N–H and O–H groups in total. The molecule has 2 aliphatic heterocycles. The number of hydrogen-bond acceptors (Lipinski definition) is 4. The summed E-state index contributed by atoms with van der Waals surface area (Å²) in [4.78, 5) is 7.19. The van der Waals surface area contributed by atoms with E-state index in [9.17, 15) is 0 Å². The number of rotatable bonds is 7. The molecule has 1 aromatic rings. The topological polar surface area (TPSA) is 55.3 Å². The van der Waals surface area contributed by atoms with E-state index in [0.717, 1.165) is 69.4 Å². The van der Waals surface area contributed by atoms with Gasteiger partial charge in [-0.15, -0.1) is 24.0 Å². The molecule has 1 atom stereocenters. The lowest BCUT2D eigenvalue weighted by Gasteiger charge is -2.35. The van der Waals surface area contributed by atoms with Crippen molar-refractivity contribution in [3.8, 4) is 5.75 Å². The summed E-state index contributed by atoms with van der Waals surface area (Å²) in [6, 6.07) is 8.10. The summed E-state index contributed by atoms with van der Waals surface area (Å²) in [6.45, 7) is 7.21. The van der Waals surface area contributed by atoms with Crippen LogP contribution in [-0.4, -0.2) is 63.0 Å². The summed E-state index contributed by atoms with van der Waals surface area (Å²) in [5.74, 6) is 1.86. The Morgan fingerprint density at radius 3 is 2.76 bits per heavy atom. The highest BCUT2D eigenvalue weighted by Gasteiger charge is 2.23. The van der Waals surface area contributed by atoms with Crippen LogP contribution in [0.4, 0.5) is 0 Å². The zero-order chi connectivity index (χ0) is 19.6. The predicted molar refractivity (Wildman–Crippen MR) is 127 cm³/mol. The maximum absolute atomic E-state index is 6.14. The Morgan fingerprint density at radius 1 is 1.24 bits per heavy atom. The van der Waals surface area contributed by atoms with Gasteiger partial charge in [-0.2, -0.15) is 0 Å². The summed E-state index contributed by atoms with van der Waals surface area (Å²) in [6.07, 6.45) is 6.31. The molecular formula is C22H36IN3O3. The van der Waals surface area contributed by atoms with Gasteiger partial charge in [0.25, 0.3) is 0 Å². The van der Waals surface area contributed by atoms with E-state index in [2.05, 4.69) is 23.2 Å². The Morgan fingerprint density at radius 2 is 2.07 bits per heavy atom. The number of hydrogen-bond donors (Lipinski definition) is 1. The second-order valence-electron chi connectivity index (χ2n) is 7.53. The van der Waals surface area contributed by atoms with E-state index in [-0.39, 0.29) is 24.0 Å². The van der Waals surface area contributed by atoms with Gasteiger partial charge in [0.15, 0.2) is 5.96 Å². The van der Waals surface area contributed by atoms with Crippen LogP contribution in [0.3, 0.4) is 0 Å². The first-order chi connectivity index (χ1) is 13.8. The zero-order valence-corrected chi connectivity index (χ0v) is 20.1. The van der Waals surface area contributed by atoms with Crippen molar-refractivity contribution in [2.24, 2.45) is 4.99 Å². The SMILES string of the molecule is CCNC(=NCc1cccc(OC)c1)N1CCC(OCC2CCCCO2)CC1.I. The lowest BCUT2D eigenvalue weighted by Crippen LogP contribution is -2.47. The second-order valence-corrected chi connectivity index (χ2v) is 7.53. The number of nitrogens with one attached hydrogen (secondary N) is 1. The number of piperidine rings is 1. The quantitative estimate of drug-likeness (QED) is 0.339. The van der Waals surface area contributed by atoms with Crippen LogP contribution in [0.2, 0.25) is 0 Å². The van der Waals surface area contributed by atoms with E-state index in [4.69, 9.17) is 19.2 Å². The Balaban J connectivity index is 0.00000300. The molecule has 0 saturated carbocycles. The molecule has 0 radical (unpaired) electrons. The minimum atomic E-state index is 0. The maximum atomic E-state index is 6.14. The lowest BCUT2D eigenvalue weighted by atomic mass is 10.1. The van der Waals surface area contributed by atoms with Gasteiger partial charge in [-0.05, 0) is 56.7 Å². The molecule has 164 valence electrons. The first-order valence-corrected chi connectivity index (χ1v) is 10.7. The first-order valence-electron chi connectivity index (χ1n) is 10.7. The van der Waals surface area contributed by atoms with Gasteiger partial charge in [0, 0.05) is 26.2 Å². The number of likely N-dealkylation sites (tertiary alicyclic amines) is 1. The van der Waals surface area contributed by atoms with E-state index in [0.29, 0.717) is 18.8 Å². The summed E-state index contributed by atoms with van der Waals surface area (Å²) in [5.41, 5.74) is 1.15. The van der Waals surface area contributed by atoms with Gasteiger partial charge in [0.2, 0.25) is 0 Å². The summed E-state index contributed by atoms with van der Waals surface area (Å²) in [7, 11) is 1.69. The zero-order valence-electron chi connectivity index (χ0n) is 17.8.